The van der Waals surface area contributed by atoms with Crippen LogP contribution in [-0.2, 0) is 0 Å². The lowest BCUT2D eigenvalue weighted by Gasteiger charge is -1.95. The van der Waals surface area contributed by atoms with E-state index in [4.69, 9.17) is 9.78 Å². The van der Waals surface area contributed by atoms with E-state index in [1.165, 1.54) is 0 Å². The molecule has 0 spiro atoms. The Bertz CT molecular complexity index is 577. The van der Waals surface area contributed by atoms with Crippen LogP contribution >= 0.6 is 0 Å². The van der Waals surface area contributed by atoms with Crippen LogP contribution in [0.25, 0.3) is 11.6 Å². The predicted octanol–water partition coefficient (Wildman–Crippen LogP) is 1.72. The van der Waals surface area contributed by atoms with Gasteiger partial charge in [0, 0.05) is 12.4 Å². The lowest BCUT2D eigenvalue weighted by molar-refractivity contribution is 0.368. The van der Waals surface area contributed by atoms with Crippen LogP contribution in [0.15, 0.2) is 16.9 Å². The standard InChI is InChI=1S/C11H11N5O/c1-11(2)6(5-12)7(11)10-15-9(16-17-10)8-13-3-4-14-8/h3-4,6-7H,1-2H3,(H,13,14). The number of aromatic amines is 1. The Morgan fingerprint density at radius 2 is 2.35 bits per heavy atom. The number of hydrogen-bond donors (Lipinski definition) is 1. The minimum atomic E-state index is -0.0816. The SMILES string of the molecule is CC1(C)C(C#N)C1c1nc(-c2ncc[nH]2)no1. The average molecular weight is 229 g/mol. The van der Waals surface area contributed by atoms with Gasteiger partial charge in [-0.05, 0) is 5.41 Å². The fourth-order valence-corrected chi connectivity index (χ4v) is 2.18. The summed E-state index contributed by atoms with van der Waals surface area (Å²) in [5.74, 6) is 1.51. The fourth-order valence-electron chi connectivity index (χ4n) is 2.18. The molecular weight excluding hydrogens is 218 g/mol. The molecule has 6 heteroatoms. The average Bonchev–Trinajstić information content (AvgIpc) is 2.79. The quantitative estimate of drug-likeness (QED) is 0.846. The van der Waals surface area contributed by atoms with Crippen LogP contribution in [0.4, 0.5) is 0 Å². The minimum absolute atomic E-state index is 0.0312. The van der Waals surface area contributed by atoms with Crippen molar-refractivity contribution in [3.05, 3.63) is 18.3 Å². The summed E-state index contributed by atoms with van der Waals surface area (Å²) < 4.78 is 5.21. The van der Waals surface area contributed by atoms with Gasteiger partial charge >= 0.3 is 0 Å². The Kier molecular flexibility index (Phi) is 1.87. The molecule has 17 heavy (non-hydrogen) atoms. The molecule has 0 amide bonds. The number of nitrogens with zero attached hydrogens (tertiary/aromatic N) is 4. The summed E-state index contributed by atoms with van der Waals surface area (Å²) in [5, 5.41) is 12.9. The Morgan fingerprint density at radius 1 is 1.53 bits per heavy atom. The molecular formula is C11H11N5O. The van der Waals surface area contributed by atoms with E-state index < -0.39 is 0 Å². The van der Waals surface area contributed by atoms with Crippen molar-refractivity contribution in [1.29, 1.82) is 5.26 Å². The van der Waals surface area contributed by atoms with Crippen molar-refractivity contribution in [1.82, 2.24) is 20.1 Å². The molecule has 0 aliphatic heterocycles. The van der Waals surface area contributed by atoms with Gasteiger partial charge in [0.25, 0.3) is 0 Å². The minimum Gasteiger partial charge on any atom is -0.342 e. The van der Waals surface area contributed by atoms with Gasteiger partial charge in [0.2, 0.25) is 11.7 Å². The van der Waals surface area contributed by atoms with Gasteiger partial charge in [-0.3, -0.25) is 0 Å². The molecule has 0 aromatic carbocycles. The zero-order valence-corrected chi connectivity index (χ0v) is 9.51. The summed E-state index contributed by atoms with van der Waals surface area (Å²) in [6, 6.07) is 2.27. The smallest absolute Gasteiger partial charge is 0.238 e. The van der Waals surface area contributed by atoms with Crippen LogP contribution in [0.3, 0.4) is 0 Å². The van der Waals surface area contributed by atoms with Gasteiger partial charge in [-0.2, -0.15) is 10.2 Å². The molecule has 2 heterocycles. The second-order valence-corrected chi connectivity index (χ2v) is 4.80. The number of nitriles is 1. The third kappa shape index (κ3) is 1.35. The number of nitrogens with one attached hydrogen (secondary N) is 1. The van der Waals surface area contributed by atoms with Crippen LogP contribution in [0, 0.1) is 22.7 Å². The molecule has 1 N–H and O–H groups in total. The summed E-state index contributed by atoms with van der Waals surface area (Å²) in [6.07, 6.45) is 3.33. The highest BCUT2D eigenvalue weighted by Gasteiger charge is 2.62. The van der Waals surface area contributed by atoms with Crippen molar-refractivity contribution >= 4 is 0 Å². The van der Waals surface area contributed by atoms with E-state index in [0.717, 1.165) is 0 Å². The summed E-state index contributed by atoms with van der Waals surface area (Å²) in [6.45, 7) is 4.06. The van der Waals surface area contributed by atoms with Crippen LogP contribution in [-0.4, -0.2) is 20.1 Å². The van der Waals surface area contributed by atoms with Crippen molar-refractivity contribution in [2.24, 2.45) is 11.3 Å². The second kappa shape index (κ2) is 3.17. The Labute approximate surface area is 97.7 Å². The van der Waals surface area contributed by atoms with Gasteiger partial charge in [0.05, 0.1) is 17.9 Å². The third-order valence-electron chi connectivity index (χ3n) is 3.38. The van der Waals surface area contributed by atoms with Crippen LogP contribution in [0.2, 0.25) is 0 Å². The first-order chi connectivity index (χ1) is 8.14. The van der Waals surface area contributed by atoms with Gasteiger partial charge < -0.3 is 9.51 Å². The molecule has 2 atom stereocenters. The van der Waals surface area contributed by atoms with Crippen molar-refractivity contribution in [3.63, 3.8) is 0 Å². The molecule has 1 aliphatic rings. The van der Waals surface area contributed by atoms with Gasteiger partial charge in [0.1, 0.15) is 0 Å². The molecule has 2 aromatic heterocycles. The summed E-state index contributed by atoms with van der Waals surface area (Å²) >= 11 is 0. The second-order valence-electron chi connectivity index (χ2n) is 4.80. The molecule has 6 nitrogen and oxygen atoms in total. The topological polar surface area (TPSA) is 91.4 Å². The molecule has 86 valence electrons. The largest absolute Gasteiger partial charge is 0.342 e. The van der Waals surface area contributed by atoms with E-state index in [0.29, 0.717) is 17.5 Å². The third-order valence-corrected chi connectivity index (χ3v) is 3.38. The first-order valence-corrected chi connectivity index (χ1v) is 5.37. The zero-order chi connectivity index (χ0) is 12.0. The molecule has 1 aliphatic carbocycles. The highest BCUT2D eigenvalue weighted by atomic mass is 16.5. The van der Waals surface area contributed by atoms with Crippen molar-refractivity contribution in [2.75, 3.05) is 0 Å². The summed E-state index contributed by atoms with van der Waals surface area (Å²) in [4.78, 5) is 11.2. The Balaban J connectivity index is 1.91. The van der Waals surface area contributed by atoms with E-state index in [9.17, 15) is 0 Å². The maximum Gasteiger partial charge on any atom is 0.238 e. The molecule has 2 aromatic rings. The monoisotopic (exact) mass is 229 g/mol. The van der Waals surface area contributed by atoms with Crippen molar-refractivity contribution < 1.29 is 4.52 Å². The van der Waals surface area contributed by atoms with Gasteiger partial charge in [0.15, 0.2) is 5.82 Å². The summed E-state index contributed by atoms with van der Waals surface area (Å²) in [5.41, 5.74) is -0.0816. The predicted molar refractivity (Wildman–Crippen MR) is 57.5 cm³/mol. The Hall–Kier alpha value is -2.16. The van der Waals surface area contributed by atoms with Crippen molar-refractivity contribution in [2.45, 2.75) is 19.8 Å². The molecule has 3 rings (SSSR count). The van der Waals surface area contributed by atoms with E-state index in [-0.39, 0.29) is 17.3 Å². The first-order valence-electron chi connectivity index (χ1n) is 5.37. The highest BCUT2D eigenvalue weighted by Crippen LogP contribution is 2.63. The number of rotatable bonds is 2. The molecule has 0 bridgehead atoms. The van der Waals surface area contributed by atoms with E-state index >= 15 is 0 Å². The lowest BCUT2D eigenvalue weighted by atomic mass is 10.1. The maximum atomic E-state index is 9.01. The first kappa shape index (κ1) is 10.0. The molecule has 0 radical (unpaired) electrons. The lowest BCUT2D eigenvalue weighted by Crippen LogP contribution is -1.90. The van der Waals surface area contributed by atoms with E-state index in [1.54, 1.807) is 12.4 Å². The van der Waals surface area contributed by atoms with Gasteiger partial charge in [-0.25, -0.2) is 4.98 Å². The van der Waals surface area contributed by atoms with E-state index in [2.05, 4.69) is 26.2 Å². The van der Waals surface area contributed by atoms with Gasteiger partial charge in [-0.15, -0.1) is 0 Å². The number of hydrogen-bond acceptors (Lipinski definition) is 5. The fraction of sp³-hybridized carbons (Fsp3) is 0.455. The Morgan fingerprint density at radius 3 is 2.94 bits per heavy atom. The number of H-pyrrole nitrogens is 1. The maximum absolute atomic E-state index is 9.01. The molecule has 1 saturated carbocycles. The van der Waals surface area contributed by atoms with Crippen LogP contribution < -0.4 is 0 Å². The zero-order valence-electron chi connectivity index (χ0n) is 9.51. The highest BCUT2D eigenvalue weighted by molar-refractivity contribution is 5.42. The number of imidazole rings is 1. The normalized spacial score (nSPS) is 25.5. The molecule has 0 saturated heterocycles. The summed E-state index contributed by atoms with van der Waals surface area (Å²) in [7, 11) is 0. The van der Waals surface area contributed by atoms with Crippen LogP contribution in [0.5, 0.6) is 0 Å². The molecule has 1 fully saturated rings. The van der Waals surface area contributed by atoms with Gasteiger partial charge in [-0.1, -0.05) is 19.0 Å². The van der Waals surface area contributed by atoms with E-state index in [1.807, 2.05) is 13.8 Å². The van der Waals surface area contributed by atoms with Crippen molar-refractivity contribution in [3.8, 4) is 17.7 Å². The van der Waals surface area contributed by atoms with Crippen LogP contribution in [0.1, 0.15) is 25.7 Å². The number of aromatic nitrogens is 4. The molecule has 2 unspecified atom stereocenters.